The fourth-order valence-corrected chi connectivity index (χ4v) is 2.26. The number of aryl methyl sites for hydroxylation is 1. The number of carbonyl (C=O) groups is 1. The van der Waals surface area contributed by atoms with Gasteiger partial charge in [-0.15, -0.1) is 0 Å². The van der Waals surface area contributed by atoms with Crippen molar-refractivity contribution in [3.8, 4) is 11.5 Å². The molecule has 0 atom stereocenters. The predicted molar refractivity (Wildman–Crippen MR) is 80.2 cm³/mol. The van der Waals surface area contributed by atoms with Crippen molar-refractivity contribution in [2.75, 3.05) is 7.11 Å². The van der Waals surface area contributed by atoms with E-state index in [4.69, 9.17) is 21.1 Å². The molecule has 0 amide bonds. The summed E-state index contributed by atoms with van der Waals surface area (Å²) in [6, 6.07) is 3.17. The van der Waals surface area contributed by atoms with E-state index in [9.17, 15) is 4.79 Å². The summed E-state index contributed by atoms with van der Waals surface area (Å²) in [5.41, 5.74) is 1.30. The largest absolute Gasteiger partial charge is 0.493 e. The molecule has 0 unspecified atom stereocenters. The first-order valence-corrected chi connectivity index (χ1v) is 7.01. The summed E-state index contributed by atoms with van der Waals surface area (Å²) in [4.78, 5) is 15.3. The second-order valence-electron chi connectivity index (χ2n) is 4.51. The van der Waals surface area contributed by atoms with Crippen LogP contribution in [-0.4, -0.2) is 22.9 Å². The smallest absolute Gasteiger partial charge is 0.172 e. The van der Waals surface area contributed by atoms with E-state index >= 15 is 0 Å². The average molecular weight is 309 g/mol. The van der Waals surface area contributed by atoms with Gasteiger partial charge in [0.2, 0.25) is 0 Å². The van der Waals surface area contributed by atoms with Crippen LogP contribution in [0.5, 0.6) is 11.5 Å². The van der Waals surface area contributed by atoms with Crippen molar-refractivity contribution >= 4 is 17.9 Å². The van der Waals surface area contributed by atoms with E-state index in [1.54, 1.807) is 24.7 Å². The monoisotopic (exact) mass is 308 g/mol. The van der Waals surface area contributed by atoms with Crippen molar-refractivity contribution < 1.29 is 14.3 Å². The van der Waals surface area contributed by atoms with Gasteiger partial charge >= 0.3 is 0 Å². The zero-order chi connectivity index (χ0) is 15.2. The van der Waals surface area contributed by atoms with Crippen LogP contribution in [0.4, 0.5) is 0 Å². The number of hydrogen-bond donors (Lipinski definition) is 0. The molecule has 0 radical (unpaired) electrons. The number of halogens is 1. The second kappa shape index (κ2) is 7.13. The Balaban J connectivity index is 2.23. The van der Waals surface area contributed by atoms with Crippen molar-refractivity contribution in [1.29, 1.82) is 0 Å². The van der Waals surface area contributed by atoms with Crippen molar-refractivity contribution in [2.45, 2.75) is 26.5 Å². The minimum atomic E-state index is 0.304. The van der Waals surface area contributed by atoms with Gasteiger partial charge in [-0.3, -0.25) is 4.79 Å². The number of aromatic nitrogens is 2. The standard InChI is InChI=1S/C15H17ClN2O3/c1-3-4-18-10-17-7-13(18)9-21-15-11(8-19)5-12(16)6-14(15)20-2/h5-8,10H,3-4,9H2,1-2H3. The van der Waals surface area contributed by atoms with E-state index in [0.29, 0.717) is 35.0 Å². The van der Waals surface area contributed by atoms with Gasteiger partial charge in [0.1, 0.15) is 6.61 Å². The highest BCUT2D eigenvalue weighted by Gasteiger charge is 2.13. The Bertz CT molecular complexity index is 625. The van der Waals surface area contributed by atoms with Gasteiger partial charge in [-0.05, 0) is 12.5 Å². The van der Waals surface area contributed by atoms with Crippen LogP contribution < -0.4 is 9.47 Å². The van der Waals surface area contributed by atoms with Gasteiger partial charge in [-0.25, -0.2) is 4.98 Å². The van der Waals surface area contributed by atoms with Crippen LogP contribution in [0.25, 0.3) is 0 Å². The minimum Gasteiger partial charge on any atom is -0.493 e. The van der Waals surface area contributed by atoms with Gasteiger partial charge in [-0.2, -0.15) is 0 Å². The van der Waals surface area contributed by atoms with E-state index in [-0.39, 0.29) is 0 Å². The van der Waals surface area contributed by atoms with E-state index < -0.39 is 0 Å². The third kappa shape index (κ3) is 3.55. The van der Waals surface area contributed by atoms with Crippen LogP contribution in [0.1, 0.15) is 29.4 Å². The summed E-state index contributed by atoms with van der Waals surface area (Å²) in [5, 5.41) is 0.428. The molecule has 21 heavy (non-hydrogen) atoms. The van der Waals surface area contributed by atoms with Crippen molar-refractivity contribution in [3.63, 3.8) is 0 Å². The van der Waals surface area contributed by atoms with Gasteiger partial charge in [-0.1, -0.05) is 18.5 Å². The van der Waals surface area contributed by atoms with Crippen LogP contribution >= 0.6 is 11.6 Å². The van der Waals surface area contributed by atoms with Gasteiger partial charge in [0.05, 0.1) is 30.9 Å². The van der Waals surface area contributed by atoms with Gasteiger partial charge in [0.15, 0.2) is 17.8 Å². The molecular formula is C15H17ClN2O3. The number of rotatable bonds is 7. The highest BCUT2D eigenvalue weighted by Crippen LogP contribution is 2.34. The minimum absolute atomic E-state index is 0.304. The van der Waals surface area contributed by atoms with Crippen molar-refractivity contribution in [2.24, 2.45) is 0 Å². The molecule has 5 nitrogen and oxygen atoms in total. The lowest BCUT2D eigenvalue weighted by Gasteiger charge is -2.14. The Hall–Kier alpha value is -2.01. The maximum Gasteiger partial charge on any atom is 0.172 e. The number of methoxy groups -OCH3 is 1. The van der Waals surface area contributed by atoms with Crippen LogP contribution in [-0.2, 0) is 13.2 Å². The maximum absolute atomic E-state index is 11.2. The molecule has 1 heterocycles. The molecule has 0 aliphatic rings. The van der Waals surface area contributed by atoms with E-state index in [1.807, 2.05) is 4.57 Å². The number of ether oxygens (including phenoxy) is 2. The summed E-state index contributed by atoms with van der Waals surface area (Å²) in [7, 11) is 1.51. The van der Waals surface area contributed by atoms with Crippen molar-refractivity contribution in [3.05, 3.63) is 40.9 Å². The first-order chi connectivity index (χ1) is 10.2. The summed E-state index contributed by atoms with van der Waals surface area (Å²) in [6.45, 7) is 3.27. The molecule has 112 valence electrons. The lowest BCUT2D eigenvalue weighted by molar-refractivity contribution is 0.111. The Labute approximate surface area is 128 Å². The molecule has 2 aromatic rings. The van der Waals surface area contributed by atoms with Gasteiger partial charge < -0.3 is 14.0 Å². The lowest BCUT2D eigenvalue weighted by Crippen LogP contribution is -2.06. The fraction of sp³-hybridized carbons (Fsp3) is 0.333. The molecule has 0 saturated heterocycles. The number of aldehydes is 1. The number of benzene rings is 1. The molecule has 1 aromatic heterocycles. The SMILES string of the molecule is CCCn1cncc1COc1c(C=O)cc(Cl)cc1OC. The molecular weight excluding hydrogens is 292 g/mol. The molecule has 0 aliphatic heterocycles. The maximum atomic E-state index is 11.2. The second-order valence-corrected chi connectivity index (χ2v) is 4.95. The highest BCUT2D eigenvalue weighted by molar-refractivity contribution is 6.31. The molecule has 0 bridgehead atoms. The Morgan fingerprint density at radius 1 is 1.43 bits per heavy atom. The number of imidazole rings is 1. The van der Waals surface area contributed by atoms with E-state index in [0.717, 1.165) is 18.7 Å². The molecule has 1 aromatic carbocycles. The predicted octanol–water partition coefficient (Wildman–Crippen LogP) is 3.35. The molecule has 6 heteroatoms. The Morgan fingerprint density at radius 3 is 2.90 bits per heavy atom. The van der Waals surface area contributed by atoms with E-state index in [1.165, 1.54) is 7.11 Å². The summed E-state index contributed by atoms with van der Waals surface area (Å²) in [5.74, 6) is 0.826. The topological polar surface area (TPSA) is 53.4 Å². The molecule has 0 saturated carbocycles. The lowest BCUT2D eigenvalue weighted by atomic mass is 10.2. The Kier molecular flexibility index (Phi) is 5.22. The van der Waals surface area contributed by atoms with Crippen LogP contribution in [0.2, 0.25) is 5.02 Å². The Morgan fingerprint density at radius 2 is 2.24 bits per heavy atom. The average Bonchev–Trinajstić information content (AvgIpc) is 2.92. The first-order valence-electron chi connectivity index (χ1n) is 6.64. The van der Waals surface area contributed by atoms with E-state index in [2.05, 4.69) is 11.9 Å². The summed E-state index contributed by atoms with van der Waals surface area (Å²) in [6.07, 6.45) is 5.22. The number of carbonyl (C=O) groups excluding carboxylic acids is 1. The first kappa shape index (κ1) is 15.4. The van der Waals surface area contributed by atoms with Crippen LogP contribution in [0, 0.1) is 0 Å². The van der Waals surface area contributed by atoms with Gasteiger partial charge in [0.25, 0.3) is 0 Å². The normalized spacial score (nSPS) is 10.4. The van der Waals surface area contributed by atoms with Gasteiger partial charge in [0, 0.05) is 17.6 Å². The zero-order valence-electron chi connectivity index (χ0n) is 12.0. The zero-order valence-corrected chi connectivity index (χ0v) is 12.8. The number of nitrogens with zero attached hydrogens (tertiary/aromatic N) is 2. The number of hydrogen-bond acceptors (Lipinski definition) is 4. The third-order valence-electron chi connectivity index (χ3n) is 3.02. The van der Waals surface area contributed by atoms with Crippen LogP contribution in [0.15, 0.2) is 24.7 Å². The molecule has 0 aliphatic carbocycles. The highest BCUT2D eigenvalue weighted by atomic mass is 35.5. The molecule has 0 spiro atoms. The molecule has 0 N–H and O–H groups in total. The van der Waals surface area contributed by atoms with Crippen molar-refractivity contribution in [1.82, 2.24) is 9.55 Å². The summed E-state index contributed by atoms with van der Waals surface area (Å²) < 4.78 is 13.0. The van der Waals surface area contributed by atoms with Crippen LogP contribution in [0.3, 0.4) is 0 Å². The quantitative estimate of drug-likeness (QED) is 0.736. The third-order valence-corrected chi connectivity index (χ3v) is 3.24. The molecule has 2 rings (SSSR count). The summed E-state index contributed by atoms with van der Waals surface area (Å²) >= 11 is 5.94. The molecule has 0 fully saturated rings. The fourth-order valence-electron chi connectivity index (χ4n) is 2.04.